The van der Waals surface area contributed by atoms with Gasteiger partial charge in [0, 0.05) is 28.5 Å². The average Bonchev–Trinajstić information content (AvgIpc) is 3.28. The minimum atomic E-state index is -0.139. The molecule has 2 aromatic heterocycles. The first kappa shape index (κ1) is 23.9. The summed E-state index contributed by atoms with van der Waals surface area (Å²) in [5.74, 6) is 1.02. The molecule has 3 heteroatoms. The number of hydrogen-bond acceptors (Lipinski definition) is 1. The monoisotopic (exact) mass is 492 g/mol. The first-order valence-corrected chi connectivity index (χ1v) is 13.6. The van der Waals surface area contributed by atoms with Crippen LogP contribution >= 0.6 is 0 Å². The third-order valence-corrected chi connectivity index (χ3v) is 8.51. The van der Waals surface area contributed by atoms with Gasteiger partial charge < -0.3 is 4.42 Å². The van der Waals surface area contributed by atoms with E-state index in [2.05, 4.69) is 93.2 Å². The van der Waals surface area contributed by atoms with Crippen molar-refractivity contribution in [3.63, 3.8) is 0 Å². The Balaban J connectivity index is 1.46. The van der Waals surface area contributed by atoms with Crippen LogP contribution in [0, 0.1) is 12.7 Å². The Hall–Kier alpha value is -3.46. The number of pyridine rings is 1. The molecule has 1 aliphatic carbocycles. The Morgan fingerprint density at radius 1 is 0.838 bits per heavy atom. The molecule has 5 aromatic rings. The van der Waals surface area contributed by atoms with Crippen molar-refractivity contribution in [2.45, 2.75) is 64.2 Å². The molecule has 0 atom stereocenters. The zero-order chi connectivity index (χ0) is 25.7. The summed E-state index contributed by atoms with van der Waals surface area (Å²) >= 11 is 0. The first-order chi connectivity index (χ1) is 17.9. The normalized spacial score (nSPS) is 18.2. The molecule has 0 amide bonds. The van der Waals surface area contributed by atoms with Crippen molar-refractivity contribution in [2.24, 2.45) is 7.05 Å². The molecule has 0 saturated heterocycles. The van der Waals surface area contributed by atoms with E-state index in [-0.39, 0.29) is 11.7 Å². The van der Waals surface area contributed by atoms with Gasteiger partial charge in [0.25, 0.3) is 0 Å². The van der Waals surface area contributed by atoms with E-state index in [1.165, 1.54) is 11.1 Å². The summed E-state index contributed by atoms with van der Waals surface area (Å²) in [6, 6.07) is 23.1. The van der Waals surface area contributed by atoms with E-state index in [4.69, 9.17) is 4.42 Å². The van der Waals surface area contributed by atoms with Gasteiger partial charge in [-0.15, -0.1) is 0 Å². The zero-order valence-electron chi connectivity index (χ0n) is 22.2. The van der Waals surface area contributed by atoms with Crippen molar-refractivity contribution in [1.82, 2.24) is 0 Å². The van der Waals surface area contributed by atoms with E-state index in [1.807, 2.05) is 6.07 Å². The van der Waals surface area contributed by atoms with Gasteiger partial charge >= 0.3 is 0 Å². The first-order valence-electron chi connectivity index (χ1n) is 13.6. The van der Waals surface area contributed by atoms with Crippen molar-refractivity contribution in [1.29, 1.82) is 0 Å². The molecular formula is C34H35FNO+. The van der Waals surface area contributed by atoms with E-state index < -0.39 is 0 Å². The molecule has 0 N–H and O–H groups in total. The summed E-state index contributed by atoms with van der Waals surface area (Å²) in [4.78, 5) is 0. The fourth-order valence-corrected chi connectivity index (χ4v) is 6.33. The van der Waals surface area contributed by atoms with Crippen LogP contribution < -0.4 is 4.57 Å². The summed E-state index contributed by atoms with van der Waals surface area (Å²) in [6.45, 7) is 6.57. The number of aromatic nitrogens is 1. The lowest BCUT2D eigenvalue weighted by molar-refractivity contribution is -0.660. The van der Waals surface area contributed by atoms with Gasteiger partial charge in [-0.05, 0) is 79.2 Å². The van der Waals surface area contributed by atoms with Gasteiger partial charge in [0.05, 0.1) is 5.56 Å². The minimum Gasteiger partial charge on any atom is -0.455 e. The molecule has 2 nitrogen and oxygen atoms in total. The van der Waals surface area contributed by atoms with Crippen LogP contribution in [0.4, 0.5) is 4.39 Å². The van der Waals surface area contributed by atoms with E-state index in [0.29, 0.717) is 11.8 Å². The molecule has 0 radical (unpaired) electrons. The number of nitrogens with zero attached hydrogens (tertiary/aromatic N) is 1. The van der Waals surface area contributed by atoms with Crippen molar-refractivity contribution in [3.05, 3.63) is 101 Å². The minimum absolute atomic E-state index is 0.139. The van der Waals surface area contributed by atoms with Gasteiger partial charge in [-0.25, -0.2) is 8.96 Å². The maximum atomic E-state index is 15.5. The SMILES string of the molecule is Cc1ccc2c(oc3c(C4CCC(c5ccccc5)CC4)c(F)ccc32)c1-c1cc(C(C)C)cc[n+]1C. The highest BCUT2D eigenvalue weighted by Gasteiger charge is 2.29. The van der Waals surface area contributed by atoms with Crippen LogP contribution in [0.2, 0.25) is 0 Å². The highest BCUT2D eigenvalue weighted by atomic mass is 19.1. The second kappa shape index (κ2) is 9.45. The van der Waals surface area contributed by atoms with Crippen LogP contribution in [0.3, 0.4) is 0 Å². The Morgan fingerprint density at radius 3 is 2.24 bits per heavy atom. The molecule has 1 fully saturated rings. The van der Waals surface area contributed by atoms with Gasteiger partial charge in [-0.2, -0.15) is 0 Å². The number of halogens is 1. The molecule has 6 rings (SSSR count). The Labute approximate surface area is 218 Å². The van der Waals surface area contributed by atoms with Crippen LogP contribution in [0.1, 0.15) is 79.5 Å². The van der Waals surface area contributed by atoms with Crippen LogP contribution in [0.25, 0.3) is 33.2 Å². The standard InChI is InChI=1S/C34H35FNO/c1-21(2)26-18-19-36(4)30(20-26)31-22(3)10-15-27-28-16-17-29(35)32(34(28)37-33(27)31)25-13-11-24(12-14-25)23-8-6-5-7-9-23/h5-10,15-21,24-25H,11-14H2,1-4H3/q+1. The van der Waals surface area contributed by atoms with Crippen LogP contribution in [0.15, 0.2) is 77.3 Å². The number of hydrogen-bond donors (Lipinski definition) is 0. The number of rotatable bonds is 4. The van der Waals surface area contributed by atoms with Crippen molar-refractivity contribution < 1.29 is 13.4 Å². The molecular weight excluding hydrogens is 457 g/mol. The Morgan fingerprint density at radius 2 is 1.51 bits per heavy atom. The fraction of sp³-hybridized carbons (Fsp3) is 0.324. The van der Waals surface area contributed by atoms with Crippen LogP contribution in [-0.4, -0.2) is 0 Å². The van der Waals surface area contributed by atoms with Gasteiger partial charge in [-0.3, -0.25) is 0 Å². The molecule has 1 saturated carbocycles. The smallest absolute Gasteiger partial charge is 0.216 e. The van der Waals surface area contributed by atoms with Gasteiger partial charge in [0.1, 0.15) is 24.0 Å². The van der Waals surface area contributed by atoms with E-state index >= 15 is 4.39 Å². The second-order valence-electron chi connectivity index (χ2n) is 11.1. The predicted molar refractivity (Wildman–Crippen MR) is 150 cm³/mol. The van der Waals surface area contributed by atoms with Crippen LogP contribution in [0.5, 0.6) is 0 Å². The quantitative estimate of drug-likeness (QED) is 0.229. The number of benzene rings is 3. The molecule has 2 heterocycles. The maximum absolute atomic E-state index is 15.5. The summed E-state index contributed by atoms with van der Waals surface area (Å²) in [5.41, 5.74) is 8.43. The lowest BCUT2D eigenvalue weighted by Crippen LogP contribution is -2.31. The highest BCUT2D eigenvalue weighted by molar-refractivity contribution is 6.10. The van der Waals surface area contributed by atoms with Crippen molar-refractivity contribution in [2.75, 3.05) is 0 Å². The van der Waals surface area contributed by atoms with Gasteiger partial charge in [0.2, 0.25) is 5.69 Å². The van der Waals surface area contributed by atoms with E-state index in [0.717, 1.165) is 70.0 Å². The number of furan rings is 1. The lowest BCUT2D eigenvalue weighted by Gasteiger charge is -2.29. The fourth-order valence-electron chi connectivity index (χ4n) is 6.33. The average molecular weight is 493 g/mol. The summed E-state index contributed by atoms with van der Waals surface area (Å²) in [6.07, 6.45) is 6.23. The molecule has 0 spiro atoms. The van der Waals surface area contributed by atoms with Crippen molar-refractivity contribution >= 4 is 21.9 Å². The summed E-state index contributed by atoms with van der Waals surface area (Å²) in [7, 11) is 2.08. The largest absolute Gasteiger partial charge is 0.455 e. The Bertz CT molecular complexity index is 1590. The number of aryl methyl sites for hydroxylation is 2. The van der Waals surface area contributed by atoms with Gasteiger partial charge in [0.15, 0.2) is 6.20 Å². The molecule has 37 heavy (non-hydrogen) atoms. The maximum Gasteiger partial charge on any atom is 0.216 e. The van der Waals surface area contributed by atoms with Crippen LogP contribution in [-0.2, 0) is 7.05 Å². The topological polar surface area (TPSA) is 17.0 Å². The third kappa shape index (κ3) is 4.15. The molecule has 0 unspecified atom stereocenters. The highest BCUT2D eigenvalue weighted by Crippen LogP contribution is 2.46. The summed E-state index contributed by atoms with van der Waals surface area (Å²) in [5, 5.41) is 2.07. The third-order valence-electron chi connectivity index (χ3n) is 8.51. The molecule has 1 aliphatic rings. The lowest BCUT2D eigenvalue weighted by atomic mass is 9.76. The second-order valence-corrected chi connectivity index (χ2v) is 11.1. The van der Waals surface area contributed by atoms with Gasteiger partial charge in [-0.1, -0.05) is 56.3 Å². The van der Waals surface area contributed by atoms with E-state index in [1.54, 1.807) is 6.07 Å². The number of fused-ring (bicyclic) bond motifs is 3. The molecule has 0 aliphatic heterocycles. The molecule has 0 bridgehead atoms. The Kier molecular flexibility index (Phi) is 6.10. The van der Waals surface area contributed by atoms with Crippen molar-refractivity contribution in [3.8, 4) is 11.3 Å². The van der Waals surface area contributed by atoms with E-state index in [9.17, 15) is 0 Å². The summed E-state index contributed by atoms with van der Waals surface area (Å²) < 4.78 is 24.4. The molecule has 188 valence electrons. The zero-order valence-corrected chi connectivity index (χ0v) is 22.2. The predicted octanol–water partition coefficient (Wildman–Crippen LogP) is 9.09. The molecule has 3 aromatic carbocycles.